The van der Waals surface area contributed by atoms with Crippen LogP contribution < -0.4 is 14.8 Å². The lowest BCUT2D eigenvalue weighted by Gasteiger charge is -2.16. The summed E-state index contributed by atoms with van der Waals surface area (Å²) in [6.07, 6.45) is 2.63. The van der Waals surface area contributed by atoms with Crippen molar-refractivity contribution in [2.75, 3.05) is 39.7 Å². The fraction of sp³-hybridized carbons (Fsp3) is 0.261. The zero-order chi connectivity index (χ0) is 23.7. The summed E-state index contributed by atoms with van der Waals surface area (Å²) < 4.78 is 15.3. The largest absolute Gasteiger partial charge is 0.493 e. The maximum Gasteiger partial charge on any atom is 0.331 e. The van der Waals surface area contributed by atoms with Crippen LogP contribution in [0.4, 0.5) is 5.69 Å². The average Bonchev–Trinajstić information content (AvgIpc) is 2.76. The summed E-state index contributed by atoms with van der Waals surface area (Å²) in [6, 6.07) is 10.5. The quantitative estimate of drug-likeness (QED) is 0.455. The second kappa shape index (κ2) is 11.8. The molecule has 0 saturated carbocycles. The van der Waals surface area contributed by atoms with Crippen molar-refractivity contribution in [3.8, 4) is 11.5 Å². The van der Waals surface area contributed by atoms with E-state index in [1.807, 2.05) is 19.1 Å². The first-order valence-corrected chi connectivity index (χ1v) is 9.98. The molecule has 2 aromatic rings. The first-order valence-electron chi connectivity index (χ1n) is 9.60. The van der Waals surface area contributed by atoms with Crippen molar-refractivity contribution in [1.29, 1.82) is 0 Å². The van der Waals surface area contributed by atoms with Gasteiger partial charge in [0.15, 0.2) is 18.1 Å². The molecule has 170 valence electrons. The minimum atomic E-state index is -0.721. The van der Waals surface area contributed by atoms with Crippen LogP contribution in [0, 0.1) is 6.92 Å². The number of halogens is 1. The predicted molar refractivity (Wildman–Crippen MR) is 122 cm³/mol. The highest BCUT2D eigenvalue weighted by Crippen LogP contribution is 2.36. The first-order chi connectivity index (χ1) is 15.2. The average molecular weight is 461 g/mol. The number of nitrogens with zero attached hydrogens (tertiary/aromatic N) is 1. The van der Waals surface area contributed by atoms with Gasteiger partial charge in [0.25, 0.3) is 5.91 Å². The van der Waals surface area contributed by atoms with Crippen LogP contribution in [0.15, 0.2) is 42.5 Å². The molecule has 32 heavy (non-hydrogen) atoms. The summed E-state index contributed by atoms with van der Waals surface area (Å²) in [5, 5.41) is 3.02. The lowest BCUT2D eigenvalue weighted by molar-refractivity contribution is -0.148. The van der Waals surface area contributed by atoms with Crippen LogP contribution in [-0.4, -0.2) is 57.1 Å². The van der Waals surface area contributed by atoms with Gasteiger partial charge in [-0.25, -0.2) is 4.79 Å². The van der Waals surface area contributed by atoms with Crippen molar-refractivity contribution >= 4 is 41.1 Å². The molecule has 0 saturated heterocycles. The van der Waals surface area contributed by atoms with Crippen LogP contribution in [0.3, 0.4) is 0 Å². The number of hydrogen-bond acceptors (Lipinski definition) is 6. The fourth-order valence-corrected chi connectivity index (χ4v) is 2.93. The van der Waals surface area contributed by atoms with E-state index in [1.165, 1.54) is 32.2 Å². The molecule has 0 atom stereocenters. The summed E-state index contributed by atoms with van der Waals surface area (Å²) in [5.41, 5.74) is 2.29. The van der Waals surface area contributed by atoms with Crippen LogP contribution >= 0.6 is 11.6 Å². The molecular formula is C23H25ClN2O6. The van der Waals surface area contributed by atoms with E-state index >= 15 is 0 Å². The molecular weight excluding hydrogens is 436 g/mol. The minimum Gasteiger partial charge on any atom is -0.493 e. The van der Waals surface area contributed by atoms with Gasteiger partial charge in [0, 0.05) is 18.8 Å². The number of esters is 1. The highest BCUT2D eigenvalue weighted by Gasteiger charge is 2.15. The molecule has 0 aliphatic heterocycles. The number of carbonyl (C=O) groups is 3. The SMILES string of the molecule is COc1cc(/C=C/C(=O)OCC(=O)N(C)CC(=O)Nc2ccc(C)cc2)cc(Cl)c1OC. The van der Waals surface area contributed by atoms with Crippen LogP contribution in [0.2, 0.25) is 5.02 Å². The molecule has 0 spiro atoms. The van der Waals surface area contributed by atoms with E-state index in [9.17, 15) is 14.4 Å². The number of aryl methyl sites for hydroxylation is 1. The molecule has 0 aliphatic carbocycles. The molecule has 2 rings (SSSR count). The van der Waals surface area contributed by atoms with Crippen LogP contribution in [0.25, 0.3) is 6.08 Å². The standard InChI is InChI=1S/C23H25ClN2O6/c1-15-5-8-17(9-6-15)25-20(27)13-26(2)21(28)14-32-22(29)10-7-16-11-18(24)23(31-4)19(12-16)30-3/h5-12H,13-14H2,1-4H3,(H,25,27)/b10-7+. The molecule has 2 amide bonds. The van der Waals surface area contributed by atoms with E-state index in [-0.39, 0.29) is 12.5 Å². The molecule has 0 heterocycles. The number of nitrogens with one attached hydrogen (secondary N) is 1. The minimum absolute atomic E-state index is 0.176. The first kappa shape index (κ1) is 24.7. The molecule has 8 nitrogen and oxygen atoms in total. The number of rotatable bonds is 9. The van der Waals surface area contributed by atoms with Gasteiger partial charge in [-0.15, -0.1) is 0 Å². The lowest BCUT2D eigenvalue weighted by Crippen LogP contribution is -2.37. The monoisotopic (exact) mass is 460 g/mol. The van der Waals surface area contributed by atoms with Crippen molar-refractivity contribution in [2.45, 2.75) is 6.92 Å². The molecule has 0 aromatic heterocycles. The van der Waals surface area contributed by atoms with Gasteiger partial charge < -0.3 is 24.4 Å². The van der Waals surface area contributed by atoms with Crippen molar-refractivity contribution in [2.24, 2.45) is 0 Å². The number of ether oxygens (including phenoxy) is 3. The zero-order valence-electron chi connectivity index (χ0n) is 18.3. The van der Waals surface area contributed by atoms with E-state index < -0.39 is 18.5 Å². The molecule has 0 bridgehead atoms. The summed E-state index contributed by atoms with van der Waals surface area (Å²) in [4.78, 5) is 37.4. The molecule has 0 aliphatic rings. The number of hydrogen-bond donors (Lipinski definition) is 1. The van der Waals surface area contributed by atoms with Gasteiger partial charge in [-0.05, 0) is 42.8 Å². The topological polar surface area (TPSA) is 94.2 Å². The highest BCUT2D eigenvalue weighted by atomic mass is 35.5. The Morgan fingerprint density at radius 3 is 2.41 bits per heavy atom. The maximum atomic E-state index is 12.1. The summed E-state index contributed by atoms with van der Waals surface area (Å²) in [5.74, 6) is -0.800. The number of carbonyl (C=O) groups excluding carboxylic acids is 3. The van der Waals surface area contributed by atoms with Crippen molar-refractivity contribution < 1.29 is 28.6 Å². The van der Waals surface area contributed by atoms with Crippen molar-refractivity contribution in [3.63, 3.8) is 0 Å². The Morgan fingerprint density at radius 1 is 1.09 bits per heavy atom. The predicted octanol–water partition coefficient (Wildman–Crippen LogP) is 3.32. The van der Waals surface area contributed by atoms with E-state index in [0.29, 0.717) is 27.8 Å². The Bertz CT molecular complexity index is 1000. The third-order valence-electron chi connectivity index (χ3n) is 4.35. The molecule has 0 radical (unpaired) electrons. The second-order valence-corrected chi connectivity index (χ2v) is 7.25. The molecule has 9 heteroatoms. The van der Waals surface area contributed by atoms with E-state index in [4.69, 9.17) is 25.8 Å². The van der Waals surface area contributed by atoms with Gasteiger partial charge in [-0.2, -0.15) is 0 Å². The number of methoxy groups -OCH3 is 2. The molecule has 1 N–H and O–H groups in total. The third-order valence-corrected chi connectivity index (χ3v) is 4.63. The Hall–Kier alpha value is -3.52. The number of likely N-dealkylation sites (N-methyl/N-ethyl adjacent to an activating group) is 1. The molecule has 0 fully saturated rings. The molecule has 2 aromatic carbocycles. The van der Waals surface area contributed by atoms with E-state index in [1.54, 1.807) is 24.3 Å². The Labute approximate surface area is 191 Å². The Morgan fingerprint density at radius 2 is 1.78 bits per heavy atom. The third kappa shape index (κ3) is 7.31. The van der Waals surface area contributed by atoms with Gasteiger partial charge in [0.05, 0.1) is 25.8 Å². The summed E-state index contributed by atoms with van der Waals surface area (Å²) >= 11 is 6.13. The van der Waals surface area contributed by atoms with Crippen molar-refractivity contribution in [3.05, 3.63) is 58.6 Å². The summed E-state index contributed by atoms with van der Waals surface area (Å²) in [6.45, 7) is 1.27. The second-order valence-electron chi connectivity index (χ2n) is 6.84. The van der Waals surface area contributed by atoms with Gasteiger partial charge in [0.1, 0.15) is 0 Å². The normalized spacial score (nSPS) is 10.5. The van der Waals surface area contributed by atoms with Gasteiger partial charge in [-0.1, -0.05) is 29.3 Å². The smallest absolute Gasteiger partial charge is 0.331 e. The number of anilines is 1. The fourth-order valence-electron chi connectivity index (χ4n) is 2.63. The van der Waals surface area contributed by atoms with Crippen LogP contribution in [0.5, 0.6) is 11.5 Å². The molecule has 0 unspecified atom stereocenters. The van der Waals surface area contributed by atoms with E-state index in [0.717, 1.165) is 11.6 Å². The number of benzene rings is 2. The Kier molecular flexibility index (Phi) is 9.09. The maximum absolute atomic E-state index is 12.1. The van der Waals surface area contributed by atoms with E-state index in [2.05, 4.69) is 5.32 Å². The van der Waals surface area contributed by atoms with Crippen LogP contribution in [0.1, 0.15) is 11.1 Å². The number of amides is 2. The van der Waals surface area contributed by atoms with Crippen molar-refractivity contribution in [1.82, 2.24) is 4.90 Å². The van der Waals surface area contributed by atoms with Gasteiger partial charge in [0.2, 0.25) is 5.91 Å². The van der Waals surface area contributed by atoms with Crippen LogP contribution in [-0.2, 0) is 19.1 Å². The zero-order valence-corrected chi connectivity index (χ0v) is 19.1. The highest BCUT2D eigenvalue weighted by molar-refractivity contribution is 6.32. The lowest BCUT2D eigenvalue weighted by atomic mass is 10.2. The summed E-state index contributed by atoms with van der Waals surface area (Å²) in [7, 11) is 4.39. The Balaban J connectivity index is 1.84. The van der Waals surface area contributed by atoms with Gasteiger partial charge >= 0.3 is 5.97 Å². The van der Waals surface area contributed by atoms with Gasteiger partial charge in [-0.3, -0.25) is 9.59 Å².